The number of rotatable bonds is 3. The molecule has 0 aromatic rings. The standard InChI is InChI=1S/C7H10NO2P/c1-3-6-4-7(6,8)5(2)11(9)10/h3,6H,1-2,4,8H2/p+1/t6-,7+/m0/s1. The molecular formula is C7H11NO2P+. The van der Waals surface area contributed by atoms with E-state index in [0.29, 0.717) is 6.42 Å². The zero-order valence-electron chi connectivity index (χ0n) is 6.16. The van der Waals surface area contributed by atoms with Gasteiger partial charge in [-0.15, -0.1) is 6.58 Å². The van der Waals surface area contributed by atoms with Crippen molar-refractivity contribution in [2.24, 2.45) is 11.7 Å². The Labute approximate surface area is 66.5 Å². The van der Waals surface area contributed by atoms with Crippen LogP contribution in [0.25, 0.3) is 0 Å². The first-order chi connectivity index (χ1) is 5.02. The molecule has 1 aliphatic rings. The Morgan fingerprint density at radius 1 is 1.91 bits per heavy atom. The van der Waals surface area contributed by atoms with E-state index in [1.165, 1.54) is 0 Å². The largest absolute Gasteiger partial charge is 0.542 e. The van der Waals surface area contributed by atoms with Gasteiger partial charge in [-0.2, -0.15) is 4.89 Å². The summed E-state index contributed by atoms with van der Waals surface area (Å²) >= 11 is 0. The third-order valence-corrected chi connectivity index (χ3v) is 2.99. The molecule has 0 aliphatic heterocycles. The fourth-order valence-corrected chi connectivity index (χ4v) is 1.72. The Hall–Kier alpha value is -0.500. The van der Waals surface area contributed by atoms with Crippen molar-refractivity contribution in [2.75, 3.05) is 0 Å². The highest BCUT2D eigenvalue weighted by Crippen LogP contribution is 2.53. The Bertz CT molecular complexity index is 239. The molecule has 3 atom stereocenters. The Balaban J connectivity index is 2.71. The van der Waals surface area contributed by atoms with E-state index in [2.05, 4.69) is 13.2 Å². The topological polar surface area (TPSA) is 63.3 Å². The highest BCUT2D eigenvalue weighted by Gasteiger charge is 2.58. The van der Waals surface area contributed by atoms with Crippen LogP contribution < -0.4 is 5.73 Å². The van der Waals surface area contributed by atoms with Crippen LogP contribution in [0, 0.1) is 5.92 Å². The summed E-state index contributed by atoms with van der Waals surface area (Å²) < 4.78 is 10.6. The Kier molecular flexibility index (Phi) is 1.97. The molecule has 0 spiro atoms. The summed E-state index contributed by atoms with van der Waals surface area (Å²) in [6, 6.07) is 0. The van der Waals surface area contributed by atoms with Gasteiger partial charge in [-0.25, -0.2) is 0 Å². The molecule has 3 nitrogen and oxygen atoms in total. The van der Waals surface area contributed by atoms with E-state index in [-0.39, 0.29) is 11.2 Å². The maximum Gasteiger partial charge on any atom is 0.542 e. The van der Waals surface area contributed by atoms with Crippen LogP contribution in [-0.4, -0.2) is 10.4 Å². The Morgan fingerprint density at radius 3 is 2.73 bits per heavy atom. The summed E-state index contributed by atoms with van der Waals surface area (Å²) in [5, 5.41) is 0.234. The minimum atomic E-state index is -2.34. The SMILES string of the molecule is C=C[C@H]1C[C@@]1(N)C(=C)[P+](=O)O. The van der Waals surface area contributed by atoms with Gasteiger partial charge in [0.1, 0.15) is 0 Å². The van der Waals surface area contributed by atoms with Gasteiger partial charge in [0.2, 0.25) is 5.31 Å². The molecule has 1 saturated carbocycles. The van der Waals surface area contributed by atoms with Crippen LogP contribution >= 0.6 is 8.03 Å². The van der Waals surface area contributed by atoms with Gasteiger partial charge >= 0.3 is 8.03 Å². The summed E-state index contributed by atoms with van der Waals surface area (Å²) in [6.07, 6.45) is 2.39. The summed E-state index contributed by atoms with van der Waals surface area (Å²) in [6.45, 7) is 7.04. The van der Waals surface area contributed by atoms with Crippen molar-refractivity contribution in [3.8, 4) is 0 Å². The van der Waals surface area contributed by atoms with Crippen molar-refractivity contribution in [3.63, 3.8) is 0 Å². The van der Waals surface area contributed by atoms with Gasteiger partial charge in [0, 0.05) is 5.92 Å². The maximum atomic E-state index is 10.6. The maximum absolute atomic E-state index is 10.6. The van der Waals surface area contributed by atoms with Crippen LogP contribution in [0.2, 0.25) is 0 Å². The van der Waals surface area contributed by atoms with Crippen molar-refractivity contribution in [1.82, 2.24) is 0 Å². The fraction of sp³-hybridized carbons (Fsp3) is 0.429. The lowest BCUT2D eigenvalue weighted by atomic mass is 10.2. The minimum Gasteiger partial charge on any atom is -0.318 e. The van der Waals surface area contributed by atoms with Crippen molar-refractivity contribution in [3.05, 3.63) is 24.5 Å². The van der Waals surface area contributed by atoms with E-state index in [4.69, 9.17) is 10.6 Å². The molecule has 0 amide bonds. The van der Waals surface area contributed by atoms with Crippen molar-refractivity contribution in [2.45, 2.75) is 12.0 Å². The highest BCUT2D eigenvalue weighted by molar-refractivity contribution is 7.43. The van der Waals surface area contributed by atoms with Gasteiger partial charge in [0.15, 0.2) is 0 Å². The number of hydrogen-bond donors (Lipinski definition) is 2. The van der Waals surface area contributed by atoms with Gasteiger partial charge in [-0.05, 0) is 17.6 Å². The fourth-order valence-electron chi connectivity index (χ4n) is 1.11. The first-order valence-electron chi connectivity index (χ1n) is 3.29. The lowest BCUT2D eigenvalue weighted by Gasteiger charge is -2.00. The van der Waals surface area contributed by atoms with Gasteiger partial charge in [0.05, 0.1) is 5.54 Å². The quantitative estimate of drug-likeness (QED) is 0.495. The number of hydrogen-bond acceptors (Lipinski definition) is 2. The van der Waals surface area contributed by atoms with E-state index in [9.17, 15) is 4.57 Å². The van der Waals surface area contributed by atoms with Gasteiger partial charge in [0.25, 0.3) is 0 Å². The first kappa shape index (κ1) is 8.60. The molecule has 1 fully saturated rings. The molecule has 3 N–H and O–H groups in total. The van der Waals surface area contributed by atoms with Crippen LogP contribution in [0.1, 0.15) is 6.42 Å². The first-order valence-corrected chi connectivity index (χ1v) is 4.50. The molecule has 0 saturated heterocycles. The summed E-state index contributed by atoms with van der Waals surface area (Å²) in [5.74, 6) is 0.126. The molecule has 1 aliphatic carbocycles. The van der Waals surface area contributed by atoms with E-state index < -0.39 is 13.6 Å². The summed E-state index contributed by atoms with van der Waals surface area (Å²) in [4.78, 5) is 8.71. The molecule has 11 heavy (non-hydrogen) atoms. The number of nitrogens with two attached hydrogens (primary N) is 1. The van der Waals surface area contributed by atoms with Crippen LogP contribution in [0.5, 0.6) is 0 Å². The summed E-state index contributed by atoms with van der Waals surface area (Å²) in [7, 11) is -2.34. The van der Waals surface area contributed by atoms with Crippen LogP contribution in [-0.2, 0) is 4.57 Å². The lowest BCUT2D eigenvalue weighted by Crippen LogP contribution is -2.25. The predicted molar refractivity (Wildman–Crippen MR) is 44.2 cm³/mol. The minimum absolute atomic E-state index is 0.126. The van der Waals surface area contributed by atoms with Crippen molar-refractivity contribution >= 4 is 8.03 Å². The van der Waals surface area contributed by atoms with E-state index in [0.717, 1.165) is 0 Å². The molecule has 1 rings (SSSR count). The van der Waals surface area contributed by atoms with E-state index >= 15 is 0 Å². The monoisotopic (exact) mass is 172 g/mol. The molecule has 0 aromatic carbocycles. The summed E-state index contributed by atoms with van der Waals surface area (Å²) in [5.41, 5.74) is 5.08. The van der Waals surface area contributed by atoms with E-state index in [1.807, 2.05) is 0 Å². The zero-order valence-corrected chi connectivity index (χ0v) is 7.05. The normalized spacial score (nSPS) is 36.2. The van der Waals surface area contributed by atoms with Gasteiger partial charge in [-0.3, -0.25) is 0 Å². The smallest absolute Gasteiger partial charge is 0.318 e. The van der Waals surface area contributed by atoms with Gasteiger partial charge in [-0.1, -0.05) is 6.08 Å². The second-order valence-corrected chi connectivity index (χ2v) is 3.89. The second-order valence-electron chi connectivity index (χ2n) is 2.81. The molecule has 0 radical (unpaired) electrons. The zero-order chi connectivity index (χ0) is 8.65. The van der Waals surface area contributed by atoms with Crippen molar-refractivity contribution < 1.29 is 9.46 Å². The third-order valence-electron chi connectivity index (χ3n) is 2.11. The molecule has 60 valence electrons. The molecule has 4 heteroatoms. The molecule has 1 unspecified atom stereocenters. The van der Waals surface area contributed by atoms with Crippen LogP contribution in [0.4, 0.5) is 0 Å². The lowest BCUT2D eigenvalue weighted by molar-refractivity contribution is 0.505. The van der Waals surface area contributed by atoms with Gasteiger partial charge < -0.3 is 5.73 Å². The average molecular weight is 172 g/mol. The second kappa shape index (κ2) is 2.52. The third kappa shape index (κ3) is 1.27. The van der Waals surface area contributed by atoms with E-state index in [1.54, 1.807) is 6.08 Å². The molecule has 0 aromatic heterocycles. The average Bonchev–Trinajstić information content (AvgIpc) is 2.61. The highest BCUT2D eigenvalue weighted by atomic mass is 31.1. The molecular weight excluding hydrogens is 161 g/mol. The predicted octanol–water partition coefficient (Wildman–Crippen LogP) is 1.14. The Morgan fingerprint density at radius 2 is 2.45 bits per heavy atom. The molecule has 0 bridgehead atoms. The van der Waals surface area contributed by atoms with Crippen LogP contribution in [0.3, 0.4) is 0 Å². The molecule has 0 heterocycles. The van der Waals surface area contributed by atoms with Crippen LogP contribution in [0.15, 0.2) is 24.5 Å². The van der Waals surface area contributed by atoms with Crippen molar-refractivity contribution in [1.29, 1.82) is 0 Å².